The van der Waals surface area contributed by atoms with Gasteiger partial charge in [-0.25, -0.2) is 9.89 Å². The minimum Gasteiger partial charge on any atom is -0.338 e. The molecule has 0 aliphatic heterocycles. The lowest BCUT2D eigenvalue weighted by Gasteiger charge is -2.20. The Bertz CT molecular complexity index is 938. The van der Waals surface area contributed by atoms with Gasteiger partial charge in [-0.1, -0.05) is 72.4 Å². The first kappa shape index (κ1) is 19.9. The van der Waals surface area contributed by atoms with Crippen molar-refractivity contribution in [3.63, 3.8) is 0 Å². The standard InChI is InChI=1S/C21H24N4O2S/c1-2-24(15-18-11-7-4-8-12-18)19(26)16-28-21-23-22-20(27)25(21)14-13-17-9-5-3-6-10-17/h3-12H,2,13-16H2,1H3,(H,22,27). The van der Waals surface area contributed by atoms with Crippen LogP contribution in [0.5, 0.6) is 0 Å². The minimum absolute atomic E-state index is 0.0291. The molecule has 0 saturated carbocycles. The van der Waals surface area contributed by atoms with Crippen molar-refractivity contribution in [1.82, 2.24) is 19.7 Å². The van der Waals surface area contributed by atoms with Crippen molar-refractivity contribution in [3.8, 4) is 0 Å². The van der Waals surface area contributed by atoms with Crippen molar-refractivity contribution >= 4 is 17.7 Å². The summed E-state index contributed by atoms with van der Waals surface area (Å²) >= 11 is 1.29. The SMILES string of the molecule is CCN(Cc1ccccc1)C(=O)CSc1n[nH]c(=O)n1CCc1ccccc1. The fourth-order valence-corrected chi connectivity index (χ4v) is 3.77. The van der Waals surface area contributed by atoms with Gasteiger partial charge in [0.2, 0.25) is 5.91 Å². The molecule has 1 aromatic heterocycles. The third kappa shape index (κ3) is 5.36. The highest BCUT2D eigenvalue weighted by atomic mass is 32.2. The van der Waals surface area contributed by atoms with Crippen molar-refractivity contribution in [2.45, 2.75) is 31.6 Å². The van der Waals surface area contributed by atoms with Gasteiger partial charge in [0, 0.05) is 19.6 Å². The third-order valence-electron chi connectivity index (χ3n) is 4.47. The zero-order chi connectivity index (χ0) is 19.8. The highest BCUT2D eigenvalue weighted by molar-refractivity contribution is 7.99. The lowest BCUT2D eigenvalue weighted by Crippen LogP contribution is -2.31. The Kier molecular flexibility index (Phi) is 7.08. The van der Waals surface area contributed by atoms with Gasteiger partial charge < -0.3 is 4.90 Å². The van der Waals surface area contributed by atoms with E-state index in [9.17, 15) is 9.59 Å². The van der Waals surface area contributed by atoms with Gasteiger partial charge in [0.25, 0.3) is 0 Å². The van der Waals surface area contributed by atoms with Gasteiger partial charge in [-0.15, -0.1) is 5.10 Å². The number of hydrogen-bond acceptors (Lipinski definition) is 4. The first-order valence-electron chi connectivity index (χ1n) is 9.31. The first-order valence-corrected chi connectivity index (χ1v) is 10.3. The van der Waals surface area contributed by atoms with Gasteiger partial charge in [0.1, 0.15) is 0 Å². The fraction of sp³-hybridized carbons (Fsp3) is 0.286. The van der Waals surface area contributed by atoms with Gasteiger partial charge >= 0.3 is 5.69 Å². The van der Waals surface area contributed by atoms with E-state index in [1.807, 2.05) is 67.6 Å². The average Bonchev–Trinajstić information content (AvgIpc) is 3.09. The van der Waals surface area contributed by atoms with Crippen LogP contribution in [0.3, 0.4) is 0 Å². The molecule has 6 nitrogen and oxygen atoms in total. The summed E-state index contributed by atoms with van der Waals surface area (Å²) in [6.45, 7) is 3.71. The Balaban J connectivity index is 1.59. The number of nitrogens with zero attached hydrogens (tertiary/aromatic N) is 3. The number of thioether (sulfide) groups is 1. The number of aryl methyl sites for hydroxylation is 1. The third-order valence-corrected chi connectivity index (χ3v) is 5.43. The molecule has 0 radical (unpaired) electrons. The fourth-order valence-electron chi connectivity index (χ4n) is 2.89. The Morgan fingerprint density at radius 2 is 1.71 bits per heavy atom. The van der Waals surface area contributed by atoms with E-state index >= 15 is 0 Å². The lowest BCUT2D eigenvalue weighted by atomic mass is 10.1. The van der Waals surface area contributed by atoms with Crippen LogP contribution >= 0.6 is 11.8 Å². The summed E-state index contributed by atoms with van der Waals surface area (Å²) in [7, 11) is 0. The van der Waals surface area contributed by atoms with Crippen LogP contribution in [0.4, 0.5) is 0 Å². The Morgan fingerprint density at radius 1 is 1.07 bits per heavy atom. The summed E-state index contributed by atoms with van der Waals surface area (Å²) < 4.78 is 1.60. The van der Waals surface area contributed by atoms with Gasteiger partial charge in [-0.05, 0) is 24.5 Å². The molecule has 2 aromatic carbocycles. The predicted octanol–water partition coefficient (Wildman–Crippen LogP) is 2.95. The maximum absolute atomic E-state index is 12.6. The van der Waals surface area contributed by atoms with E-state index in [0.717, 1.165) is 17.5 Å². The minimum atomic E-state index is -0.248. The van der Waals surface area contributed by atoms with E-state index in [-0.39, 0.29) is 17.3 Å². The van der Waals surface area contributed by atoms with E-state index in [4.69, 9.17) is 0 Å². The van der Waals surface area contributed by atoms with Crippen molar-refractivity contribution in [2.75, 3.05) is 12.3 Å². The molecule has 28 heavy (non-hydrogen) atoms. The molecule has 7 heteroatoms. The number of benzene rings is 2. The molecule has 1 N–H and O–H groups in total. The summed E-state index contributed by atoms with van der Waals surface area (Å²) in [6, 6.07) is 19.9. The van der Waals surface area contributed by atoms with E-state index in [0.29, 0.717) is 24.8 Å². The summed E-state index contributed by atoms with van der Waals surface area (Å²) in [6.07, 6.45) is 0.733. The molecule has 146 valence electrons. The topological polar surface area (TPSA) is 71.0 Å². The van der Waals surface area contributed by atoms with Crippen LogP contribution in [0, 0.1) is 0 Å². The number of aromatic nitrogens is 3. The van der Waals surface area contributed by atoms with Gasteiger partial charge in [-0.3, -0.25) is 9.36 Å². The van der Waals surface area contributed by atoms with Gasteiger partial charge in [0.05, 0.1) is 5.75 Å². The lowest BCUT2D eigenvalue weighted by molar-refractivity contribution is -0.128. The molecular formula is C21H24N4O2S. The van der Waals surface area contributed by atoms with Crippen LogP contribution in [-0.4, -0.2) is 37.9 Å². The molecule has 0 fully saturated rings. The maximum Gasteiger partial charge on any atom is 0.343 e. The van der Waals surface area contributed by atoms with Crippen molar-refractivity contribution in [1.29, 1.82) is 0 Å². The van der Waals surface area contributed by atoms with Gasteiger partial charge in [-0.2, -0.15) is 0 Å². The number of amides is 1. The first-order chi connectivity index (χ1) is 13.7. The number of H-pyrrole nitrogens is 1. The van der Waals surface area contributed by atoms with Crippen LogP contribution in [0.25, 0.3) is 0 Å². The largest absolute Gasteiger partial charge is 0.343 e. The second-order valence-electron chi connectivity index (χ2n) is 6.38. The zero-order valence-corrected chi connectivity index (χ0v) is 16.7. The summed E-state index contributed by atoms with van der Waals surface area (Å²) in [5, 5.41) is 7.13. The molecule has 0 aliphatic carbocycles. The highest BCUT2D eigenvalue weighted by Crippen LogP contribution is 2.16. The molecule has 0 bridgehead atoms. The second-order valence-corrected chi connectivity index (χ2v) is 7.32. The molecule has 0 atom stereocenters. The van der Waals surface area contributed by atoms with E-state index in [1.54, 1.807) is 9.47 Å². The molecule has 0 spiro atoms. The summed E-state index contributed by atoms with van der Waals surface area (Å²) in [5.74, 6) is 0.275. The second kappa shape index (κ2) is 9.94. The number of rotatable bonds is 9. The van der Waals surface area contributed by atoms with E-state index in [2.05, 4.69) is 10.2 Å². The summed E-state index contributed by atoms with van der Waals surface area (Å²) in [5.41, 5.74) is 2.01. The zero-order valence-electron chi connectivity index (χ0n) is 15.9. The smallest absolute Gasteiger partial charge is 0.338 e. The number of nitrogens with one attached hydrogen (secondary N) is 1. The van der Waals surface area contributed by atoms with Crippen LogP contribution in [0.15, 0.2) is 70.6 Å². The van der Waals surface area contributed by atoms with Crippen molar-refractivity contribution < 1.29 is 4.79 Å². The number of hydrogen-bond donors (Lipinski definition) is 1. The normalized spacial score (nSPS) is 10.8. The number of carbonyl (C=O) groups is 1. The van der Waals surface area contributed by atoms with Crippen LogP contribution < -0.4 is 5.69 Å². The molecule has 1 heterocycles. The summed E-state index contributed by atoms with van der Waals surface area (Å²) in [4.78, 5) is 26.5. The molecule has 0 saturated heterocycles. The Hall–Kier alpha value is -2.80. The van der Waals surface area contributed by atoms with Crippen molar-refractivity contribution in [2.24, 2.45) is 0 Å². The van der Waals surface area contributed by atoms with Crippen LogP contribution in [0.1, 0.15) is 18.1 Å². The number of aromatic amines is 1. The van der Waals surface area contributed by atoms with E-state index < -0.39 is 0 Å². The predicted molar refractivity (Wildman–Crippen MR) is 111 cm³/mol. The van der Waals surface area contributed by atoms with Gasteiger partial charge in [0.15, 0.2) is 5.16 Å². The van der Waals surface area contributed by atoms with E-state index in [1.165, 1.54) is 11.8 Å². The molecular weight excluding hydrogens is 372 g/mol. The average molecular weight is 397 g/mol. The number of carbonyl (C=O) groups excluding carboxylic acids is 1. The molecule has 3 aromatic rings. The Labute approximate surface area is 168 Å². The highest BCUT2D eigenvalue weighted by Gasteiger charge is 2.16. The van der Waals surface area contributed by atoms with Crippen LogP contribution in [0.2, 0.25) is 0 Å². The molecule has 0 unspecified atom stereocenters. The Morgan fingerprint density at radius 3 is 2.36 bits per heavy atom. The maximum atomic E-state index is 12.6. The monoisotopic (exact) mass is 396 g/mol. The molecule has 1 amide bonds. The van der Waals surface area contributed by atoms with Crippen LogP contribution in [-0.2, 0) is 24.3 Å². The molecule has 3 rings (SSSR count). The molecule has 0 aliphatic rings. The van der Waals surface area contributed by atoms with Crippen molar-refractivity contribution in [3.05, 3.63) is 82.3 Å². The quantitative estimate of drug-likeness (QED) is 0.565.